The molecule has 3 aliphatic carbocycles. The minimum atomic E-state index is -0.201. The van der Waals surface area contributed by atoms with Gasteiger partial charge in [-0.1, -0.05) is 112 Å². The summed E-state index contributed by atoms with van der Waals surface area (Å²) in [6, 6.07) is 40.5. The summed E-state index contributed by atoms with van der Waals surface area (Å²) < 4.78 is 2.43. The summed E-state index contributed by atoms with van der Waals surface area (Å²) in [6.45, 7) is 11.5. The number of aromatic nitrogens is 1. The molecule has 2 heteroatoms. The summed E-state index contributed by atoms with van der Waals surface area (Å²) in [5.74, 6) is 0.599. The van der Waals surface area contributed by atoms with Crippen molar-refractivity contribution in [2.45, 2.75) is 37.5 Å². The van der Waals surface area contributed by atoms with Crippen LogP contribution in [0.1, 0.15) is 48.9 Å². The summed E-state index contributed by atoms with van der Waals surface area (Å²) in [6.07, 6.45) is 9.44. The van der Waals surface area contributed by atoms with Gasteiger partial charge in [0.05, 0.1) is 11.0 Å². The highest BCUT2D eigenvalue weighted by Gasteiger charge is 2.47. The number of allylic oxidation sites excluding steroid dienone is 4. The zero-order valence-electron chi connectivity index (χ0n) is 27.0. The highest BCUT2D eigenvalue weighted by atomic mass is 15.1. The summed E-state index contributed by atoms with van der Waals surface area (Å²) in [4.78, 5) is 2.36. The van der Waals surface area contributed by atoms with Gasteiger partial charge in [0.25, 0.3) is 0 Å². The molecule has 0 amide bonds. The van der Waals surface area contributed by atoms with Crippen molar-refractivity contribution in [1.29, 1.82) is 0 Å². The number of likely N-dealkylation sites (N-methyl/N-ethyl adjacent to an activating group) is 1. The molecular weight excluding hydrogens is 556 g/mol. The number of para-hydroxylation sites is 2. The molecule has 1 aromatic heterocycles. The molecule has 0 spiro atoms. The lowest BCUT2D eigenvalue weighted by Gasteiger charge is -2.34. The van der Waals surface area contributed by atoms with E-state index < -0.39 is 0 Å². The number of nitrogens with zero attached hydrogens (tertiary/aromatic N) is 2. The topological polar surface area (TPSA) is 8.17 Å². The van der Waals surface area contributed by atoms with Crippen LogP contribution in [0.5, 0.6) is 0 Å². The van der Waals surface area contributed by atoms with E-state index in [-0.39, 0.29) is 16.7 Å². The maximum absolute atomic E-state index is 4.43. The van der Waals surface area contributed by atoms with Crippen LogP contribution in [0.4, 0.5) is 5.69 Å². The first-order chi connectivity index (χ1) is 22.3. The van der Waals surface area contributed by atoms with Crippen LogP contribution in [0.3, 0.4) is 0 Å². The molecule has 0 aliphatic heterocycles. The van der Waals surface area contributed by atoms with Crippen LogP contribution in [-0.4, -0.2) is 11.6 Å². The van der Waals surface area contributed by atoms with Gasteiger partial charge in [-0.05, 0) is 75.9 Å². The maximum Gasteiger partial charge on any atom is 0.0541 e. The molecule has 3 atom stereocenters. The lowest BCUT2D eigenvalue weighted by atomic mass is 9.72. The normalized spacial score (nSPS) is 21.9. The number of hydrogen-bond donors (Lipinski definition) is 0. The Hall–Kier alpha value is -5.08. The molecule has 0 saturated carbocycles. The second-order valence-electron chi connectivity index (χ2n) is 14.1. The smallest absolute Gasteiger partial charge is 0.0541 e. The highest BCUT2D eigenvalue weighted by molar-refractivity contribution is 6.09. The van der Waals surface area contributed by atoms with Crippen LogP contribution in [-0.2, 0) is 10.8 Å². The molecule has 3 aliphatic rings. The van der Waals surface area contributed by atoms with Gasteiger partial charge in [-0.2, -0.15) is 0 Å². The van der Waals surface area contributed by atoms with Gasteiger partial charge in [-0.25, -0.2) is 0 Å². The molecule has 2 nitrogen and oxygen atoms in total. The molecule has 0 N–H and O–H groups in total. The van der Waals surface area contributed by atoms with Crippen LogP contribution in [0, 0.1) is 5.92 Å². The van der Waals surface area contributed by atoms with Gasteiger partial charge in [0.1, 0.15) is 0 Å². The predicted molar refractivity (Wildman–Crippen MR) is 194 cm³/mol. The van der Waals surface area contributed by atoms with Crippen LogP contribution in [0.2, 0.25) is 0 Å². The average molecular weight is 595 g/mol. The lowest BCUT2D eigenvalue weighted by Crippen LogP contribution is -2.29. The SMILES string of the molecule is C=CC1(C)c2cc(-n3c4ccccc4c4ccccc43)ccc2C2C=CC(N(C)c3ccc4c(c3)C(C)(C)c3ccccc3-4)=CC21. The van der Waals surface area contributed by atoms with E-state index in [0.717, 1.165) is 0 Å². The number of anilines is 1. The van der Waals surface area contributed by atoms with E-state index in [9.17, 15) is 0 Å². The Morgan fingerprint density at radius 1 is 0.717 bits per heavy atom. The fourth-order valence-electron chi connectivity index (χ4n) is 8.85. The first kappa shape index (κ1) is 27.2. The zero-order chi connectivity index (χ0) is 31.4. The Labute approximate surface area is 271 Å². The largest absolute Gasteiger partial charge is 0.345 e. The molecule has 224 valence electrons. The number of rotatable bonds is 4. The van der Waals surface area contributed by atoms with Crippen molar-refractivity contribution < 1.29 is 0 Å². The zero-order valence-corrected chi connectivity index (χ0v) is 27.0. The van der Waals surface area contributed by atoms with Crippen LogP contribution in [0.15, 0.2) is 146 Å². The molecule has 0 bridgehead atoms. The van der Waals surface area contributed by atoms with Crippen molar-refractivity contribution in [2.75, 3.05) is 11.9 Å². The van der Waals surface area contributed by atoms with E-state index in [2.05, 4.69) is 177 Å². The van der Waals surface area contributed by atoms with Crippen LogP contribution < -0.4 is 4.90 Å². The molecule has 5 aromatic carbocycles. The van der Waals surface area contributed by atoms with Gasteiger partial charge in [-0.3, -0.25) is 0 Å². The Bertz CT molecular complexity index is 2260. The van der Waals surface area contributed by atoms with E-state index >= 15 is 0 Å². The first-order valence-corrected chi connectivity index (χ1v) is 16.5. The predicted octanol–water partition coefficient (Wildman–Crippen LogP) is 10.8. The third-order valence-electron chi connectivity index (χ3n) is 11.5. The minimum Gasteiger partial charge on any atom is -0.345 e. The van der Waals surface area contributed by atoms with Gasteiger partial charge in [0.15, 0.2) is 0 Å². The first-order valence-electron chi connectivity index (χ1n) is 16.5. The Morgan fingerprint density at radius 3 is 2.13 bits per heavy atom. The van der Waals surface area contributed by atoms with Gasteiger partial charge in [0.2, 0.25) is 0 Å². The van der Waals surface area contributed by atoms with Crippen molar-refractivity contribution >= 4 is 27.5 Å². The van der Waals surface area contributed by atoms with E-state index in [4.69, 9.17) is 0 Å². The standard InChI is InChI=1S/C44H38N2/c1-6-44(4)39-26-29(45(5)28-19-22-32-31-13-7-10-16-37(31)43(2,3)38(32)25-28)20-23-33(39)34-24-21-30(27-40(34)44)46-41-17-11-8-14-35(41)36-15-9-12-18-42(36)46/h6-27,33,39H,1H2,2-5H3. The summed E-state index contributed by atoms with van der Waals surface area (Å²) in [7, 11) is 2.21. The monoisotopic (exact) mass is 594 g/mol. The van der Waals surface area contributed by atoms with Crippen molar-refractivity contribution in [2.24, 2.45) is 5.92 Å². The fourth-order valence-corrected chi connectivity index (χ4v) is 8.85. The van der Waals surface area contributed by atoms with Crippen molar-refractivity contribution in [1.82, 2.24) is 4.57 Å². The number of benzene rings is 5. The van der Waals surface area contributed by atoms with Crippen molar-refractivity contribution in [3.63, 3.8) is 0 Å². The van der Waals surface area contributed by atoms with Crippen LogP contribution in [0.25, 0.3) is 38.6 Å². The highest BCUT2D eigenvalue weighted by Crippen LogP contribution is 2.55. The third-order valence-corrected chi connectivity index (χ3v) is 11.5. The molecule has 1 heterocycles. The second kappa shape index (κ2) is 9.47. The number of hydrogen-bond acceptors (Lipinski definition) is 1. The summed E-state index contributed by atoms with van der Waals surface area (Å²) >= 11 is 0. The molecular formula is C44H38N2. The number of fused-ring (bicyclic) bond motifs is 9. The van der Waals surface area contributed by atoms with E-state index in [0.29, 0.717) is 5.92 Å². The Kier molecular flexibility index (Phi) is 5.61. The fraction of sp³-hybridized carbons (Fsp3) is 0.182. The molecule has 0 fully saturated rings. The summed E-state index contributed by atoms with van der Waals surface area (Å²) in [5.41, 5.74) is 14.2. The molecule has 6 aromatic rings. The molecule has 9 rings (SSSR count). The molecule has 0 radical (unpaired) electrons. The summed E-state index contributed by atoms with van der Waals surface area (Å²) in [5, 5.41) is 2.58. The Balaban J connectivity index is 1.11. The average Bonchev–Trinajstić information content (AvgIpc) is 3.65. The maximum atomic E-state index is 4.43. The third kappa shape index (κ3) is 3.53. The van der Waals surface area contributed by atoms with E-state index in [1.807, 2.05) is 0 Å². The molecule has 46 heavy (non-hydrogen) atoms. The minimum absolute atomic E-state index is 0.0206. The molecule has 0 saturated heterocycles. The molecule has 3 unspecified atom stereocenters. The Morgan fingerprint density at radius 2 is 1.39 bits per heavy atom. The van der Waals surface area contributed by atoms with E-state index in [1.165, 1.54) is 72.3 Å². The quantitative estimate of drug-likeness (QED) is 0.184. The van der Waals surface area contributed by atoms with Crippen molar-refractivity contribution in [3.8, 4) is 16.8 Å². The second-order valence-corrected chi connectivity index (χ2v) is 14.1. The van der Waals surface area contributed by atoms with Crippen LogP contribution >= 0.6 is 0 Å². The van der Waals surface area contributed by atoms with Crippen molar-refractivity contribution in [3.05, 3.63) is 168 Å². The van der Waals surface area contributed by atoms with Gasteiger partial charge in [-0.15, -0.1) is 6.58 Å². The van der Waals surface area contributed by atoms with Gasteiger partial charge < -0.3 is 9.47 Å². The van der Waals surface area contributed by atoms with Gasteiger partial charge >= 0.3 is 0 Å². The van der Waals surface area contributed by atoms with E-state index in [1.54, 1.807) is 0 Å². The van der Waals surface area contributed by atoms with Gasteiger partial charge in [0, 0.05) is 57.6 Å². The lowest BCUT2D eigenvalue weighted by molar-refractivity contribution is 0.438.